The van der Waals surface area contributed by atoms with E-state index in [1.54, 1.807) is 0 Å². The van der Waals surface area contributed by atoms with Gasteiger partial charge in [-0.25, -0.2) is 10.8 Å². The first-order chi connectivity index (χ1) is 6.86. The maximum absolute atomic E-state index is 12.2. The van der Waals surface area contributed by atoms with Crippen LogP contribution in [0, 0.1) is 10.1 Å². The van der Waals surface area contributed by atoms with Gasteiger partial charge in [-0.1, -0.05) is 0 Å². The molecule has 0 radical (unpaired) electrons. The molecule has 82 valence electrons. The molecule has 0 aromatic carbocycles. The summed E-state index contributed by atoms with van der Waals surface area (Å²) in [7, 11) is 0. The molecule has 1 heterocycles. The number of hydrogen-bond acceptors (Lipinski definition) is 5. The Morgan fingerprint density at radius 2 is 2.13 bits per heavy atom. The zero-order chi connectivity index (χ0) is 11.6. The third-order valence-electron chi connectivity index (χ3n) is 1.53. The molecule has 1 aromatic rings. The van der Waals surface area contributed by atoms with Crippen LogP contribution in [-0.4, -0.2) is 9.91 Å². The van der Waals surface area contributed by atoms with Crippen LogP contribution in [0.3, 0.4) is 0 Å². The van der Waals surface area contributed by atoms with Gasteiger partial charge < -0.3 is 5.43 Å². The number of pyridine rings is 1. The fraction of sp³-hybridized carbons (Fsp3) is 0.167. The molecule has 9 heteroatoms. The zero-order valence-corrected chi connectivity index (χ0v) is 7.08. The van der Waals surface area contributed by atoms with Gasteiger partial charge in [-0.15, -0.1) is 0 Å². The van der Waals surface area contributed by atoms with E-state index in [2.05, 4.69) is 4.98 Å². The van der Waals surface area contributed by atoms with Crippen LogP contribution in [0.4, 0.5) is 24.7 Å². The first kappa shape index (κ1) is 11.2. The Balaban J connectivity index is 3.28. The van der Waals surface area contributed by atoms with E-state index in [4.69, 9.17) is 5.84 Å². The Bertz CT molecular complexity index is 392. The van der Waals surface area contributed by atoms with Gasteiger partial charge in [-0.05, 0) is 0 Å². The van der Waals surface area contributed by atoms with E-state index in [1.165, 1.54) is 0 Å². The summed E-state index contributed by atoms with van der Waals surface area (Å²) in [4.78, 5) is 12.5. The highest BCUT2D eigenvalue weighted by atomic mass is 19.4. The van der Waals surface area contributed by atoms with Crippen molar-refractivity contribution in [2.75, 3.05) is 5.43 Å². The van der Waals surface area contributed by atoms with Gasteiger partial charge in [0.15, 0.2) is 0 Å². The minimum atomic E-state index is -4.68. The molecule has 15 heavy (non-hydrogen) atoms. The topological polar surface area (TPSA) is 94.1 Å². The second-order valence-corrected chi connectivity index (χ2v) is 2.49. The summed E-state index contributed by atoms with van der Waals surface area (Å²) < 4.78 is 36.5. The van der Waals surface area contributed by atoms with Gasteiger partial charge in [0.05, 0.1) is 10.5 Å². The number of nitrogens with one attached hydrogen (secondary N) is 1. The molecule has 3 N–H and O–H groups in total. The Labute approximate surface area is 81.0 Å². The third-order valence-corrected chi connectivity index (χ3v) is 1.53. The molecule has 6 nitrogen and oxygen atoms in total. The summed E-state index contributed by atoms with van der Waals surface area (Å²) in [6.45, 7) is 0. The van der Waals surface area contributed by atoms with Crippen molar-refractivity contribution in [3.05, 3.63) is 27.9 Å². The minimum Gasteiger partial charge on any atom is -0.303 e. The van der Waals surface area contributed by atoms with E-state index in [1.807, 2.05) is 5.43 Å². The minimum absolute atomic E-state index is 0.363. The third kappa shape index (κ3) is 2.31. The Hall–Kier alpha value is -1.90. The van der Waals surface area contributed by atoms with Crippen LogP contribution in [0.15, 0.2) is 12.3 Å². The molecule has 0 bridgehead atoms. The second-order valence-electron chi connectivity index (χ2n) is 2.49. The van der Waals surface area contributed by atoms with Gasteiger partial charge in [-0.3, -0.25) is 10.1 Å². The Morgan fingerprint density at radius 1 is 1.53 bits per heavy atom. The lowest BCUT2D eigenvalue weighted by Crippen LogP contribution is -2.13. The van der Waals surface area contributed by atoms with E-state index >= 15 is 0 Å². The number of alkyl halides is 3. The normalized spacial score (nSPS) is 11.2. The van der Waals surface area contributed by atoms with Crippen LogP contribution in [-0.2, 0) is 6.18 Å². The molecule has 0 amide bonds. The maximum atomic E-state index is 12.2. The molecular weight excluding hydrogens is 217 g/mol. The van der Waals surface area contributed by atoms with Gasteiger partial charge in [0.2, 0.25) is 5.82 Å². The Kier molecular flexibility index (Phi) is 2.75. The fourth-order valence-corrected chi connectivity index (χ4v) is 0.859. The van der Waals surface area contributed by atoms with Crippen LogP contribution in [0.25, 0.3) is 0 Å². The number of nitrogens with two attached hydrogens (primary N) is 1. The molecule has 0 fully saturated rings. The van der Waals surface area contributed by atoms with E-state index in [0.29, 0.717) is 12.3 Å². The maximum Gasteiger partial charge on any atom is 0.418 e. The Morgan fingerprint density at radius 3 is 2.53 bits per heavy atom. The van der Waals surface area contributed by atoms with Gasteiger partial charge in [0.25, 0.3) is 0 Å². The first-order valence-electron chi connectivity index (χ1n) is 3.54. The summed E-state index contributed by atoms with van der Waals surface area (Å²) in [6.07, 6.45) is -4.22. The lowest BCUT2D eigenvalue weighted by Gasteiger charge is -2.07. The standard InChI is InChI=1S/C6H5F3N4O2/c7-6(8,9)3-1-4(13(14)15)5(12-10)11-2-3/h1-2H,10H2,(H,11,12). The molecule has 0 saturated heterocycles. The van der Waals surface area contributed by atoms with Crippen LogP contribution in [0.5, 0.6) is 0 Å². The number of hydrogen-bond donors (Lipinski definition) is 2. The van der Waals surface area contributed by atoms with Crippen molar-refractivity contribution in [1.29, 1.82) is 0 Å². The summed E-state index contributed by atoms with van der Waals surface area (Å²) >= 11 is 0. The van der Waals surface area contributed by atoms with Crippen molar-refractivity contribution in [2.45, 2.75) is 6.18 Å². The van der Waals surface area contributed by atoms with E-state index in [-0.39, 0.29) is 0 Å². The number of nitro groups is 1. The summed E-state index contributed by atoms with van der Waals surface area (Å²) in [5.74, 6) is 4.43. The quantitative estimate of drug-likeness (QED) is 0.446. The van der Waals surface area contributed by atoms with Crippen molar-refractivity contribution < 1.29 is 18.1 Å². The number of nitrogen functional groups attached to an aromatic ring is 1. The average Bonchev–Trinajstić information content (AvgIpc) is 2.15. The number of nitrogens with zero attached hydrogens (tertiary/aromatic N) is 2. The lowest BCUT2D eigenvalue weighted by atomic mass is 10.2. The highest BCUT2D eigenvalue weighted by Crippen LogP contribution is 2.32. The van der Waals surface area contributed by atoms with E-state index in [9.17, 15) is 23.3 Å². The van der Waals surface area contributed by atoms with Gasteiger partial charge in [0.1, 0.15) is 0 Å². The van der Waals surface area contributed by atoms with Gasteiger partial charge in [-0.2, -0.15) is 13.2 Å². The summed E-state index contributed by atoms with van der Waals surface area (Å²) in [5, 5.41) is 10.4. The highest BCUT2D eigenvalue weighted by molar-refractivity contribution is 5.56. The molecule has 0 atom stereocenters. The zero-order valence-electron chi connectivity index (χ0n) is 7.08. The fourth-order valence-electron chi connectivity index (χ4n) is 0.859. The van der Waals surface area contributed by atoms with E-state index < -0.39 is 28.2 Å². The molecule has 1 rings (SSSR count). The number of hydrazine groups is 1. The summed E-state index contributed by atoms with van der Waals surface area (Å²) in [5.41, 5.74) is -0.192. The molecule has 0 aliphatic rings. The monoisotopic (exact) mass is 222 g/mol. The van der Waals surface area contributed by atoms with Crippen LogP contribution in [0.2, 0.25) is 0 Å². The van der Waals surface area contributed by atoms with Crippen LogP contribution in [0.1, 0.15) is 5.56 Å². The average molecular weight is 222 g/mol. The smallest absolute Gasteiger partial charge is 0.303 e. The van der Waals surface area contributed by atoms with Crippen molar-refractivity contribution in [2.24, 2.45) is 5.84 Å². The molecule has 1 aromatic heterocycles. The number of aromatic nitrogens is 1. The predicted octanol–water partition coefficient (Wildman–Crippen LogP) is 1.29. The molecule has 0 spiro atoms. The molecule has 0 aliphatic heterocycles. The molecular formula is C6H5F3N4O2. The summed E-state index contributed by atoms with van der Waals surface area (Å²) in [6, 6.07) is 0.363. The largest absolute Gasteiger partial charge is 0.418 e. The molecule has 0 aliphatic carbocycles. The highest BCUT2D eigenvalue weighted by Gasteiger charge is 2.33. The lowest BCUT2D eigenvalue weighted by molar-refractivity contribution is -0.384. The predicted molar refractivity (Wildman–Crippen MR) is 43.7 cm³/mol. The van der Waals surface area contributed by atoms with E-state index in [0.717, 1.165) is 0 Å². The van der Waals surface area contributed by atoms with Crippen molar-refractivity contribution in [1.82, 2.24) is 4.98 Å². The second kappa shape index (κ2) is 3.69. The van der Waals surface area contributed by atoms with Crippen LogP contribution < -0.4 is 11.3 Å². The first-order valence-corrected chi connectivity index (χ1v) is 3.54. The molecule has 0 saturated carbocycles. The number of anilines is 1. The van der Waals surface area contributed by atoms with Crippen molar-refractivity contribution >= 4 is 11.5 Å². The van der Waals surface area contributed by atoms with Crippen molar-refractivity contribution in [3.8, 4) is 0 Å². The molecule has 0 unspecified atom stereocenters. The number of rotatable bonds is 2. The van der Waals surface area contributed by atoms with Crippen molar-refractivity contribution in [3.63, 3.8) is 0 Å². The van der Waals surface area contributed by atoms with Gasteiger partial charge >= 0.3 is 11.9 Å². The number of halogens is 3. The van der Waals surface area contributed by atoms with Crippen LogP contribution >= 0.6 is 0 Å². The SMILES string of the molecule is NNc1ncc(C(F)(F)F)cc1[N+](=O)[O-]. The van der Waals surface area contributed by atoms with Gasteiger partial charge in [0, 0.05) is 12.3 Å².